The lowest BCUT2D eigenvalue weighted by atomic mass is 10.1. The quantitative estimate of drug-likeness (QED) is 0.718. The molecule has 134 valence electrons. The van der Waals surface area contributed by atoms with Gasteiger partial charge in [-0.15, -0.1) is 0 Å². The van der Waals surface area contributed by atoms with Gasteiger partial charge in [-0.05, 0) is 51.5 Å². The van der Waals surface area contributed by atoms with E-state index in [0.717, 1.165) is 22.6 Å². The van der Waals surface area contributed by atoms with Crippen LogP contribution in [-0.4, -0.2) is 27.0 Å². The molecule has 6 heteroatoms. The highest BCUT2D eigenvalue weighted by Crippen LogP contribution is 2.14. The van der Waals surface area contributed by atoms with Crippen LogP contribution in [0.25, 0.3) is 11.0 Å². The summed E-state index contributed by atoms with van der Waals surface area (Å²) in [5.74, 6) is -0.149. The summed E-state index contributed by atoms with van der Waals surface area (Å²) < 4.78 is 1.71. The number of benzene rings is 1. The predicted octanol–water partition coefficient (Wildman–Crippen LogP) is 2.54. The van der Waals surface area contributed by atoms with Gasteiger partial charge in [-0.1, -0.05) is 6.07 Å². The lowest BCUT2D eigenvalue weighted by Crippen LogP contribution is -2.27. The van der Waals surface area contributed by atoms with Crippen molar-refractivity contribution in [1.29, 1.82) is 0 Å². The molecule has 3 aromatic rings. The molecule has 0 unspecified atom stereocenters. The Morgan fingerprint density at radius 2 is 1.77 bits per heavy atom. The van der Waals surface area contributed by atoms with E-state index in [1.54, 1.807) is 28.8 Å². The van der Waals surface area contributed by atoms with E-state index in [9.17, 15) is 9.59 Å². The summed E-state index contributed by atoms with van der Waals surface area (Å²) in [7, 11) is 0. The third-order valence-corrected chi connectivity index (χ3v) is 4.45. The number of carbonyl (C=O) groups excluding carboxylic acids is 1. The topological polar surface area (TPSA) is 76.9 Å². The van der Waals surface area contributed by atoms with Crippen LogP contribution in [0.15, 0.2) is 41.2 Å². The maximum absolute atomic E-state index is 12.4. The summed E-state index contributed by atoms with van der Waals surface area (Å²) in [4.78, 5) is 33.2. The van der Waals surface area contributed by atoms with Crippen molar-refractivity contribution < 1.29 is 4.79 Å². The van der Waals surface area contributed by atoms with E-state index < -0.39 is 0 Å². The lowest BCUT2D eigenvalue weighted by molar-refractivity contribution is 0.0953. The molecule has 0 aliphatic heterocycles. The number of hydrogen-bond donors (Lipinski definition) is 1. The highest BCUT2D eigenvalue weighted by atomic mass is 16.1. The minimum atomic E-state index is -0.149. The van der Waals surface area contributed by atoms with Crippen molar-refractivity contribution in [3.63, 3.8) is 0 Å². The third kappa shape index (κ3) is 3.79. The number of carbonyl (C=O) groups is 1. The van der Waals surface area contributed by atoms with E-state index in [1.807, 2.05) is 32.9 Å². The normalized spacial score (nSPS) is 10.9. The van der Waals surface area contributed by atoms with Crippen LogP contribution in [0, 0.1) is 20.8 Å². The van der Waals surface area contributed by atoms with Gasteiger partial charge in [0.15, 0.2) is 0 Å². The Kier molecular flexibility index (Phi) is 5.11. The highest BCUT2D eigenvalue weighted by Gasteiger charge is 2.08. The summed E-state index contributed by atoms with van der Waals surface area (Å²) in [5, 5.41) is 2.90. The first kappa shape index (κ1) is 17.8. The first-order valence-electron chi connectivity index (χ1n) is 8.65. The molecule has 0 radical (unpaired) electrons. The highest BCUT2D eigenvalue weighted by molar-refractivity contribution is 5.97. The van der Waals surface area contributed by atoms with Gasteiger partial charge < -0.3 is 9.88 Å². The van der Waals surface area contributed by atoms with E-state index in [4.69, 9.17) is 0 Å². The number of aryl methyl sites for hydroxylation is 3. The average Bonchev–Trinajstić information content (AvgIpc) is 2.61. The lowest BCUT2D eigenvalue weighted by Gasteiger charge is -2.10. The summed E-state index contributed by atoms with van der Waals surface area (Å²) in [5.41, 5.74) is 4.71. The largest absolute Gasteiger partial charge is 0.352 e. The summed E-state index contributed by atoms with van der Waals surface area (Å²) in [6.07, 6.45) is 0.683. The van der Waals surface area contributed by atoms with Crippen molar-refractivity contribution in [3.8, 4) is 0 Å². The molecule has 0 saturated heterocycles. The second-order valence-electron chi connectivity index (χ2n) is 6.36. The van der Waals surface area contributed by atoms with Crippen LogP contribution in [0.4, 0.5) is 0 Å². The maximum atomic E-state index is 12.4. The molecule has 1 amide bonds. The minimum absolute atomic E-state index is 0.0184. The van der Waals surface area contributed by atoms with E-state index in [1.165, 1.54) is 0 Å². The Balaban J connectivity index is 1.62. The van der Waals surface area contributed by atoms with Gasteiger partial charge in [0, 0.05) is 30.4 Å². The van der Waals surface area contributed by atoms with Gasteiger partial charge in [0.25, 0.3) is 11.5 Å². The van der Waals surface area contributed by atoms with E-state index >= 15 is 0 Å². The third-order valence-electron chi connectivity index (χ3n) is 4.45. The first-order chi connectivity index (χ1) is 12.5. The summed E-state index contributed by atoms with van der Waals surface area (Å²) in [6.45, 7) is 6.80. The number of nitrogens with one attached hydrogen (secondary N) is 1. The van der Waals surface area contributed by atoms with Gasteiger partial charge in [-0.2, -0.15) is 0 Å². The van der Waals surface area contributed by atoms with Gasteiger partial charge in [-0.3, -0.25) is 9.59 Å². The molecule has 1 aromatic carbocycles. The van der Waals surface area contributed by atoms with Crippen molar-refractivity contribution in [1.82, 2.24) is 19.9 Å². The average molecular weight is 350 g/mol. The molecule has 0 spiro atoms. The Bertz CT molecular complexity index is 1020. The fraction of sp³-hybridized carbons (Fsp3) is 0.300. The maximum Gasteiger partial charge on any atom is 0.251 e. The van der Waals surface area contributed by atoms with E-state index in [2.05, 4.69) is 15.3 Å². The van der Waals surface area contributed by atoms with Crippen LogP contribution in [0.2, 0.25) is 0 Å². The number of pyridine rings is 1. The summed E-state index contributed by atoms with van der Waals surface area (Å²) in [6, 6.07) is 10.5. The molecule has 0 fully saturated rings. The minimum Gasteiger partial charge on any atom is -0.352 e. The molecule has 2 aromatic heterocycles. The zero-order valence-electron chi connectivity index (χ0n) is 15.2. The van der Waals surface area contributed by atoms with Crippen molar-refractivity contribution in [2.75, 3.05) is 6.54 Å². The number of aromatic nitrogens is 3. The SMILES string of the molecule is Cc1nc2ccc(C(=O)NCCCn3c(C)cccc3=O)cc2nc1C. The standard InChI is InChI=1S/C20H22N4O2/c1-13-6-4-7-19(25)24(13)11-5-10-21-20(26)16-8-9-17-18(12-16)23-15(3)14(2)22-17/h4,6-9,12H,5,10-11H2,1-3H3,(H,21,26). The Morgan fingerprint density at radius 1 is 1.04 bits per heavy atom. The number of rotatable bonds is 5. The van der Waals surface area contributed by atoms with Gasteiger partial charge in [0.1, 0.15) is 0 Å². The molecule has 0 aliphatic carbocycles. The van der Waals surface area contributed by atoms with Crippen molar-refractivity contribution >= 4 is 16.9 Å². The number of nitrogens with zero attached hydrogens (tertiary/aromatic N) is 3. The molecule has 0 aliphatic rings. The van der Waals surface area contributed by atoms with Crippen LogP contribution in [-0.2, 0) is 6.54 Å². The van der Waals surface area contributed by atoms with E-state index in [0.29, 0.717) is 30.6 Å². The van der Waals surface area contributed by atoms with Crippen molar-refractivity contribution in [2.24, 2.45) is 0 Å². The number of amides is 1. The van der Waals surface area contributed by atoms with Gasteiger partial charge in [-0.25, -0.2) is 9.97 Å². The molecule has 6 nitrogen and oxygen atoms in total. The second kappa shape index (κ2) is 7.47. The van der Waals surface area contributed by atoms with Crippen molar-refractivity contribution in [2.45, 2.75) is 33.7 Å². The predicted molar refractivity (Wildman–Crippen MR) is 101 cm³/mol. The molecule has 26 heavy (non-hydrogen) atoms. The first-order valence-corrected chi connectivity index (χ1v) is 8.65. The molecule has 1 N–H and O–H groups in total. The van der Waals surface area contributed by atoms with Crippen LogP contribution in [0.1, 0.15) is 33.9 Å². The molecular weight excluding hydrogens is 328 g/mol. The van der Waals surface area contributed by atoms with Crippen molar-refractivity contribution in [3.05, 3.63) is 69.4 Å². The Morgan fingerprint density at radius 3 is 2.50 bits per heavy atom. The van der Waals surface area contributed by atoms with Crippen LogP contribution in [0.3, 0.4) is 0 Å². The van der Waals surface area contributed by atoms with E-state index in [-0.39, 0.29) is 11.5 Å². The van der Waals surface area contributed by atoms with Gasteiger partial charge in [0.2, 0.25) is 0 Å². The molecule has 0 atom stereocenters. The van der Waals surface area contributed by atoms with Crippen LogP contribution < -0.4 is 10.9 Å². The smallest absolute Gasteiger partial charge is 0.251 e. The molecule has 2 heterocycles. The zero-order valence-corrected chi connectivity index (χ0v) is 15.2. The zero-order chi connectivity index (χ0) is 18.7. The molecular formula is C20H22N4O2. The Hall–Kier alpha value is -3.02. The molecule has 0 bridgehead atoms. The van der Waals surface area contributed by atoms with Gasteiger partial charge in [0.05, 0.1) is 22.4 Å². The number of hydrogen-bond acceptors (Lipinski definition) is 4. The summed E-state index contributed by atoms with van der Waals surface area (Å²) >= 11 is 0. The second-order valence-corrected chi connectivity index (χ2v) is 6.36. The van der Waals surface area contributed by atoms with Crippen LogP contribution in [0.5, 0.6) is 0 Å². The fourth-order valence-corrected chi connectivity index (χ4v) is 2.82. The van der Waals surface area contributed by atoms with Gasteiger partial charge >= 0.3 is 0 Å². The monoisotopic (exact) mass is 350 g/mol. The fourth-order valence-electron chi connectivity index (χ4n) is 2.82. The Labute approximate surface area is 151 Å². The molecule has 3 rings (SSSR count). The number of fused-ring (bicyclic) bond motifs is 1. The van der Waals surface area contributed by atoms with Crippen LogP contribution >= 0.6 is 0 Å². The molecule has 0 saturated carbocycles.